The molecule has 0 aliphatic rings. The van der Waals surface area contributed by atoms with Gasteiger partial charge < -0.3 is 10.1 Å². The number of hydrogen-bond donors (Lipinski definition) is 2. The Morgan fingerprint density at radius 2 is 1.76 bits per heavy atom. The molecule has 4 rings (SSSR count). The molecule has 0 saturated heterocycles. The highest BCUT2D eigenvalue weighted by molar-refractivity contribution is 9.10. The Kier molecular flexibility index (Phi) is 8.55. The van der Waals surface area contributed by atoms with Crippen LogP contribution in [0.15, 0.2) is 88.4 Å². The molecule has 0 unspecified atom stereocenters. The Bertz CT molecular complexity index is 1540. The molecule has 186 valence electrons. The number of carbonyl (C=O) groups excluding carboxylic acids is 3. The van der Waals surface area contributed by atoms with Gasteiger partial charge in [0.25, 0.3) is 11.8 Å². The molecule has 2 N–H and O–H groups in total. The van der Waals surface area contributed by atoms with Crippen LogP contribution in [0, 0.1) is 0 Å². The standard InChI is InChI=1S/C27H18BrCl2N3O4/c28-18-6-3-5-17(12-18)26(35)31-15-25(34)33-32-14-22-20-7-2-1-4-16(20)8-11-24(22)37-27(36)21-10-9-19(29)13-23(21)30/h1-14H,15H2,(H,31,35)(H,33,34). The molecule has 0 aliphatic carbocycles. The number of amides is 2. The third-order valence-corrected chi connectivity index (χ3v) is 6.20. The summed E-state index contributed by atoms with van der Waals surface area (Å²) in [4.78, 5) is 37.3. The van der Waals surface area contributed by atoms with Crippen LogP contribution in [0.3, 0.4) is 0 Å². The minimum absolute atomic E-state index is 0.150. The molecule has 0 heterocycles. The minimum Gasteiger partial charge on any atom is -0.422 e. The highest BCUT2D eigenvalue weighted by atomic mass is 79.9. The maximum absolute atomic E-state index is 12.8. The van der Waals surface area contributed by atoms with E-state index >= 15 is 0 Å². The van der Waals surface area contributed by atoms with Gasteiger partial charge >= 0.3 is 5.97 Å². The number of benzene rings is 4. The fraction of sp³-hybridized carbons (Fsp3) is 0.0370. The molecule has 2 amide bonds. The zero-order valence-corrected chi connectivity index (χ0v) is 22.1. The first-order valence-corrected chi connectivity index (χ1v) is 12.4. The lowest BCUT2D eigenvalue weighted by molar-refractivity contribution is -0.120. The molecule has 0 aromatic heterocycles. The van der Waals surface area contributed by atoms with Crippen molar-refractivity contribution < 1.29 is 19.1 Å². The van der Waals surface area contributed by atoms with Gasteiger partial charge in [-0.1, -0.05) is 75.5 Å². The second-order valence-corrected chi connectivity index (χ2v) is 9.46. The number of hydrazone groups is 1. The van der Waals surface area contributed by atoms with E-state index in [9.17, 15) is 14.4 Å². The molecule has 0 spiro atoms. The van der Waals surface area contributed by atoms with E-state index in [2.05, 4.69) is 31.8 Å². The van der Waals surface area contributed by atoms with Gasteiger partial charge in [0.1, 0.15) is 5.75 Å². The zero-order chi connectivity index (χ0) is 26.4. The fourth-order valence-electron chi connectivity index (χ4n) is 3.41. The highest BCUT2D eigenvalue weighted by Gasteiger charge is 2.16. The molecule has 7 nitrogen and oxygen atoms in total. The van der Waals surface area contributed by atoms with Crippen LogP contribution in [0.2, 0.25) is 10.0 Å². The summed E-state index contributed by atoms with van der Waals surface area (Å²) < 4.78 is 6.37. The Balaban J connectivity index is 1.49. The summed E-state index contributed by atoms with van der Waals surface area (Å²) in [5.41, 5.74) is 3.40. The normalized spacial score (nSPS) is 10.9. The Morgan fingerprint density at radius 3 is 2.54 bits per heavy atom. The maximum Gasteiger partial charge on any atom is 0.345 e. The average Bonchev–Trinajstić information content (AvgIpc) is 2.88. The van der Waals surface area contributed by atoms with Gasteiger partial charge in [0.2, 0.25) is 0 Å². The molecule has 0 fully saturated rings. The number of hydrogen-bond acceptors (Lipinski definition) is 5. The van der Waals surface area contributed by atoms with Crippen molar-refractivity contribution in [2.24, 2.45) is 5.10 Å². The van der Waals surface area contributed by atoms with Crippen molar-refractivity contribution in [1.29, 1.82) is 0 Å². The van der Waals surface area contributed by atoms with E-state index in [-0.39, 0.29) is 22.9 Å². The summed E-state index contributed by atoms with van der Waals surface area (Å²) in [7, 11) is 0. The number of ether oxygens (including phenoxy) is 1. The first kappa shape index (κ1) is 26.3. The predicted octanol–water partition coefficient (Wildman–Crippen LogP) is 6.01. The third-order valence-electron chi connectivity index (χ3n) is 5.16. The van der Waals surface area contributed by atoms with Crippen LogP contribution in [-0.2, 0) is 4.79 Å². The predicted molar refractivity (Wildman–Crippen MR) is 148 cm³/mol. The van der Waals surface area contributed by atoms with Gasteiger partial charge in [-0.25, -0.2) is 10.2 Å². The van der Waals surface area contributed by atoms with Crippen molar-refractivity contribution in [2.75, 3.05) is 6.54 Å². The quantitative estimate of drug-likeness (QED) is 0.118. The van der Waals surface area contributed by atoms with Crippen LogP contribution in [0.4, 0.5) is 0 Å². The molecule has 0 atom stereocenters. The SMILES string of the molecule is O=C(CNC(=O)c1cccc(Br)c1)NN=Cc1c(OC(=O)c2ccc(Cl)cc2Cl)ccc2ccccc12. The van der Waals surface area contributed by atoms with Gasteiger partial charge in [0, 0.05) is 20.6 Å². The molecule has 0 aliphatic heterocycles. The van der Waals surface area contributed by atoms with Crippen LogP contribution >= 0.6 is 39.1 Å². The summed E-state index contributed by atoms with van der Waals surface area (Å²) in [5, 5.41) is 8.71. The first-order valence-electron chi connectivity index (χ1n) is 10.9. The second kappa shape index (κ2) is 12.0. The Morgan fingerprint density at radius 1 is 0.946 bits per heavy atom. The summed E-state index contributed by atoms with van der Waals surface area (Å²) in [5.74, 6) is -1.39. The van der Waals surface area contributed by atoms with Crippen molar-refractivity contribution in [3.63, 3.8) is 0 Å². The van der Waals surface area contributed by atoms with Crippen LogP contribution < -0.4 is 15.5 Å². The van der Waals surface area contributed by atoms with Crippen molar-refractivity contribution >= 4 is 73.9 Å². The van der Waals surface area contributed by atoms with E-state index in [4.69, 9.17) is 27.9 Å². The number of rotatable bonds is 7. The van der Waals surface area contributed by atoms with Gasteiger partial charge in [-0.05, 0) is 53.2 Å². The van der Waals surface area contributed by atoms with E-state index in [1.54, 1.807) is 36.4 Å². The van der Waals surface area contributed by atoms with Gasteiger partial charge in [-0.15, -0.1) is 0 Å². The minimum atomic E-state index is -0.675. The lowest BCUT2D eigenvalue weighted by Crippen LogP contribution is -2.34. The van der Waals surface area contributed by atoms with Crippen molar-refractivity contribution in [2.45, 2.75) is 0 Å². The lowest BCUT2D eigenvalue weighted by atomic mass is 10.0. The maximum atomic E-state index is 12.8. The van der Waals surface area contributed by atoms with E-state index in [1.165, 1.54) is 24.4 Å². The summed E-state index contributed by atoms with van der Waals surface area (Å²) in [6.07, 6.45) is 1.38. The van der Waals surface area contributed by atoms with Gasteiger partial charge in [-0.3, -0.25) is 9.59 Å². The summed E-state index contributed by atoms with van der Waals surface area (Å²) >= 11 is 15.4. The lowest BCUT2D eigenvalue weighted by Gasteiger charge is -2.11. The van der Waals surface area contributed by atoms with Gasteiger partial charge in [0.15, 0.2) is 0 Å². The number of fused-ring (bicyclic) bond motifs is 1. The third kappa shape index (κ3) is 6.74. The molecular formula is C27H18BrCl2N3O4. The molecule has 37 heavy (non-hydrogen) atoms. The molecule has 4 aromatic rings. The number of halogens is 3. The largest absolute Gasteiger partial charge is 0.422 e. The molecule has 0 radical (unpaired) electrons. The highest BCUT2D eigenvalue weighted by Crippen LogP contribution is 2.29. The fourth-order valence-corrected chi connectivity index (χ4v) is 4.29. The van der Waals surface area contributed by atoms with Crippen LogP contribution in [0.25, 0.3) is 10.8 Å². The smallest absolute Gasteiger partial charge is 0.345 e. The average molecular weight is 599 g/mol. The number of esters is 1. The Hall–Kier alpha value is -3.72. The molecule has 0 saturated carbocycles. The second-order valence-electron chi connectivity index (χ2n) is 7.70. The molecule has 4 aromatic carbocycles. The van der Waals surface area contributed by atoms with E-state index in [1.807, 2.05) is 24.3 Å². The number of nitrogens with zero attached hydrogens (tertiary/aromatic N) is 1. The molecule has 0 bridgehead atoms. The van der Waals surface area contributed by atoms with Crippen LogP contribution in [0.5, 0.6) is 5.75 Å². The van der Waals surface area contributed by atoms with Gasteiger partial charge in [0.05, 0.1) is 23.3 Å². The van der Waals surface area contributed by atoms with E-state index < -0.39 is 17.8 Å². The summed E-state index contributed by atoms with van der Waals surface area (Å²) in [6, 6.07) is 22.1. The van der Waals surface area contributed by atoms with E-state index in [0.717, 1.165) is 15.2 Å². The van der Waals surface area contributed by atoms with Crippen LogP contribution in [0.1, 0.15) is 26.3 Å². The number of nitrogens with one attached hydrogen (secondary N) is 2. The van der Waals surface area contributed by atoms with E-state index in [0.29, 0.717) is 16.1 Å². The molecule has 10 heteroatoms. The molecular weight excluding hydrogens is 581 g/mol. The first-order chi connectivity index (χ1) is 17.8. The van der Waals surface area contributed by atoms with Crippen LogP contribution in [-0.4, -0.2) is 30.5 Å². The van der Waals surface area contributed by atoms with Crippen molar-refractivity contribution in [3.8, 4) is 5.75 Å². The van der Waals surface area contributed by atoms with Gasteiger partial charge in [-0.2, -0.15) is 5.10 Å². The summed E-state index contributed by atoms with van der Waals surface area (Å²) in [6.45, 7) is -0.283. The Labute approximate surface area is 230 Å². The van der Waals surface area contributed by atoms with Crippen molar-refractivity contribution in [1.82, 2.24) is 10.7 Å². The zero-order valence-electron chi connectivity index (χ0n) is 19.0. The topological polar surface area (TPSA) is 96.9 Å². The monoisotopic (exact) mass is 597 g/mol. The van der Waals surface area contributed by atoms with Crippen molar-refractivity contribution in [3.05, 3.63) is 110 Å². The number of carbonyl (C=O) groups is 3.